The van der Waals surface area contributed by atoms with E-state index < -0.39 is 0 Å². The molecular formula is C14H15BrFN3. The van der Waals surface area contributed by atoms with Crippen LogP contribution in [-0.4, -0.2) is 17.0 Å². The summed E-state index contributed by atoms with van der Waals surface area (Å²) in [5, 5.41) is 2.98. The summed E-state index contributed by atoms with van der Waals surface area (Å²) >= 11 is 3.35. The molecule has 1 aromatic carbocycles. The number of benzene rings is 1. The van der Waals surface area contributed by atoms with E-state index in [1.54, 1.807) is 25.2 Å². The van der Waals surface area contributed by atoms with Crippen molar-refractivity contribution in [3.05, 3.63) is 40.4 Å². The zero-order valence-corrected chi connectivity index (χ0v) is 12.6. The Morgan fingerprint density at radius 1 is 1.21 bits per heavy atom. The standard InChI is InChI=1S/C14H15BrFN3/c1-8(2)14-18-12(7-13(17-3)19-14)10-6-9(15)4-5-11(10)16/h4-8H,1-3H3,(H,17,18,19). The van der Waals surface area contributed by atoms with Gasteiger partial charge in [0.05, 0.1) is 5.69 Å². The molecule has 0 unspecified atom stereocenters. The van der Waals surface area contributed by atoms with Gasteiger partial charge in [0, 0.05) is 29.1 Å². The van der Waals surface area contributed by atoms with Gasteiger partial charge < -0.3 is 5.32 Å². The van der Waals surface area contributed by atoms with Crippen molar-refractivity contribution in [3.63, 3.8) is 0 Å². The van der Waals surface area contributed by atoms with Gasteiger partial charge in [0.25, 0.3) is 0 Å². The fourth-order valence-corrected chi connectivity index (χ4v) is 2.04. The summed E-state index contributed by atoms with van der Waals surface area (Å²) in [4.78, 5) is 8.81. The Kier molecular flexibility index (Phi) is 4.14. The highest BCUT2D eigenvalue weighted by atomic mass is 79.9. The Balaban J connectivity index is 2.60. The van der Waals surface area contributed by atoms with Crippen molar-refractivity contribution in [3.8, 4) is 11.3 Å². The van der Waals surface area contributed by atoms with E-state index in [0.29, 0.717) is 22.9 Å². The summed E-state index contributed by atoms with van der Waals surface area (Å²) in [6, 6.07) is 6.57. The minimum absolute atomic E-state index is 0.183. The molecule has 0 saturated carbocycles. The van der Waals surface area contributed by atoms with Gasteiger partial charge >= 0.3 is 0 Å². The second-order valence-electron chi connectivity index (χ2n) is 4.53. The topological polar surface area (TPSA) is 37.8 Å². The normalized spacial score (nSPS) is 10.8. The summed E-state index contributed by atoms with van der Waals surface area (Å²) < 4.78 is 14.7. The third-order valence-electron chi connectivity index (χ3n) is 2.72. The van der Waals surface area contributed by atoms with Crippen molar-refractivity contribution in [2.75, 3.05) is 12.4 Å². The molecule has 0 spiro atoms. The van der Waals surface area contributed by atoms with Crippen LogP contribution in [0.25, 0.3) is 11.3 Å². The Morgan fingerprint density at radius 2 is 1.95 bits per heavy atom. The number of rotatable bonds is 3. The highest BCUT2D eigenvalue weighted by Crippen LogP contribution is 2.27. The van der Waals surface area contributed by atoms with Crippen LogP contribution in [0.5, 0.6) is 0 Å². The first-order chi connectivity index (χ1) is 9.01. The zero-order chi connectivity index (χ0) is 14.0. The molecule has 0 amide bonds. The summed E-state index contributed by atoms with van der Waals surface area (Å²) in [5.74, 6) is 1.27. The van der Waals surface area contributed by atoms with Crippen molar-refractivity contribution in [2.24, 2.45) is 0 Å². The second kappa shape index (κ2) is 5.65. The molecule has 19 heavy (non-hydrogen) atoms. The minimum atomic E-state index is -0.293. The van der Waals surface area contributed by atoms with Crippen LogP contribution in [0.2, 0.25) is 0 Å². The van der Waals surface area contributed by atoms with E-state index in [9.17, 15) is 4.39 Å². The van der Waals surface area contributed by atoms with Crippen molar-refractivity contribution in [1.82, 2.24) is 9.97 Å². The Morgan fingerprint density at radius 3 is 2.58 bits per heavy atom. The Hall–Kier alpha value is -1.49. The van der Waals surface area contributed by atoms with Gasteiger partial charge in [0.1, 0.15) is 17.5 Å². The lowest BCUT2D eigenvalue weighted by Gasteiger charge is -2.10. The number of hydrogen-bond donors (Lipinski definition) is 1. The number of hydrogen-bond acceptors (Lipinski definition) is 3. The van der Waals surface area contributed by atoms with Gasteiger partial charge in [0.15, 0.2) is 0 Å². The van der Waals surface area contributed by atoms with Crippen LogP contribution in [0.3, 0.4) is 0 Å². The smallest absolute Gasteiger partial charge is 0.133 e. The third-order valence-corrected chi connectivity index (χ3v) is 3.21. The molecule has 1 N–H and O–H groups in total. The number of nitrogens with zero attached hydrogens (tertiary/aromatic N) is 2. The van der Waals surface area contributed by atoms with Gasteiger partial charge in [-0.05, 0) is 18.2 Å². The number of nitrogens with one attached hydrogen (secondary N) is 1. The first kappa shape index (κ1) is 13.9. The van der Waals surface area contributed by atoms with Crippen molar-refractivity contribution >= 4 is 21.7 Å². The molecular weight excluding hydrogens is 309 g/mol. The predicted octanol–water partition coefficient (Wildman–Crippen LogP) is 4.21. The average molecular weight is 324 g/mol. The molecule has 1 aromatic heterocycles. The fourth-order valence-electron chi connectivity index (χ4n) is 1.68. The van der Waals surface area contributed by atoms with Gasteiger partial charge in [-0.1, -0.05) is 29.8 Å². The van der Waals surface area contributed by atoms with E-state index in [1.807, 2.05) is 13.8 Å². The van der Waals surface area contributed by atoms with Crippen LogP contribution in [0.4, 0.5) is 10.2 Å². The van der Waals surface area contributed by atoms with E-state index in [-0.39, 0.29) is 11.7 Å². The molecule has 0 bridgehead atoms. The van der Waals surface area contributed by atoms with Gasteiger partial charge in [0.2, 0.25) is 0 Å². The third kappa shape index (κ3) is 3.10. The predicted molar refractivity (Wildman–Crippen MR) is 78.8 cm³/mol. The van der Waals surface area contributed by atoms with Gasteiger partial charge in [-0.15, -0.1) is 0 Å². The highest BCUT2D eigenvalue weighted by Gasteiger charge is 2.12. The van der Waals surface area contributed by atoms with Crippen molar-refractivity contribution in [1.29, 1.82) is 0 Å². The van der Waals surface area contributed by atoms with Gasteiger partial charge in [-0.2, -0.15) is 0 Å². The SMILES string of the molecule is CNc1cc(-c2cc(Br)ccc2F)nc(C(C)C)n1. The highest BCUT2D eigenvalue weighted by molar-refractivity contribution is 9.10. The minimum Gasteiger partial charge on any atom is -0.373 e. The van der Waals surface area contributed by atoms with Crippen molar-refractivity contribution in [2.45, 2.75) is 19.8 Å². The number of anilines is 1. The maximum Gasteiger partial charge on any atom is 0.133 e. The molecule has 0 aliphatic rings. The lowest BCUT2D eigenvalue weighted by Crippen LogP contribution is -2.03. The number of halogens is 2. The van der Waals surface area contributed by atoms with Crippen LogP contribution in [-0.2, 0) is 0 Å². The summed E-state index contributed by atoms with van der Waals surface area (Å²) in [7, 11) is 1.79. The molecule has 1 heterocycles. The molecule has 0 fully saturated rings. The van der Waals surface area contributed by atoms with E-state index in [0.717, 1.165) is 4.47 Å². The lowest BCUT2D eigenvalue weighted by molar-refractivity contribution is 0.630. The molecule has 2 aromatic rings. The van der Waals surface area contributed by atoms with Crippen LogP contribution < -0.4 is 5.32 Å². The summed E-state index contributed by atoms with van der Waals surface area (Å²) in [6.45, 7) is 4.02. The van der Waals surface area contributed by atoms with Gasteiger partial charge in [-0.25, -0.2) is 14.4 Å². The summed E-state index contributed by atoms with van der Waals surface area (Å²) in [5.41, 5.74) is 1.05. The second-order valence-corrected chi connectivity index (χ2v) is 5.44. The molecule has 0 aliphatic heterocycles. The first-order valence-corrected chi connectivity index (χ1v) is 6.82. The number of aromatic nitrogens is 2. The first-order valence-electron chi connectivity index (χ1n) is 6.03. The van der Waals surface area contributed by atoms with Crippen LogP contribution in [0, 0.1) is 5.82 Å². The van der Waals surface area contributed by atoms with E-state index in [1.165, 1.54) is 6.07 Å². The molecule has 5 heteroatoms. The zero-order valence-electron chi connectivity index (χ0n) is 11.0. The van der Waals surface area contributed by atoms with Crippen LogP contribution >= 0.6 is 15.9 Å². The van der Waals surface area contributed by atoms with E-state index >= 15 is 0 Å². The van der Waals surface area contributed by atoms with Gasteiger partial charge in [-0.3, -0.25) is 0 Å². The maximum atomic E-state index is 13.9. The molecule has 0 saturated heterocycles. The molecule has 2 rings (SSSR count). The van der Waals surface area contributed by atoms with E-state index in [4.69, 9.17) is 0 Å². The monoisotopic (exact) mass is 323 g/mol. The molecule has 100 valence electrons. The maximum absolute atomic E-state index is 13.9. The van der Waals surface area contributed by atoms with Crippen molar-refractivity contribution < 1.29 is 4.39 Å². The average Bonchev–Trinajstić information content (AvgIpc) is 2.40. The largest absolute Gasteiger partial charge is 0.373 e. The molecule has 0 atom stereocenters. The summed E-state index contributed by atoms with van der Waals surface area (Å²) in [6.07, 6.45) is 0. The quantitative estimate of drug-likeness (QED) is 0.919. The van der Waals surface area contributed by atoms with E-state index in [2.05, 4.69) is 31.2 Å². The molecule has 0 aliphatic carbocycles. The van der Waals surface area contributed by atoms with Crippen LogP contribution in [0.1, 0.15) is 25.6 Å². The van der Waals surface area contributed by atoms with Crippen LogP contribution in [0.15, 0.2) is 28.7 Å². The Labute approximate surface area is 120 Å². The molecule has 0 radical (unpaired) electrons. The lowest BCUT2D eigenvalue weighted by atomic mass is 10.1. The molecule has 3 nitrogen and oxygen atoms in total. The Bertz CT molecular complexity index is 599. The fraction of sp³-hybridized carbons (Fsp3) is 0.286.